The van der Waals surface area contributed by atoms with Gasteiger partial charge in [-0.05, 0) is 75.8 Å². The first-order chi connectivity index (χ1) is 14.6. The molecule has 0 aliphatic carbocycles. The van der Waals surface area contributed by atoms with Gasteiger partial charge in [0.1, 0.15) is 0 Å². The summed E-state index contributed by atoms with van der Waals surface area (Å²) in [6, 6.07) is 8.68. The molecular formula is C28H39NO. The fourth-order valence-corrected chi connectivity index (χ4v) is 3.33. The molecule has 0 atom stereocenters. The maximum atomic E-state index is 5.53. The van der Waals surface area contributed by atoms with Crippen LogP contribution in [0, 0.1) is 0 Å². The Morgan fingerprint density at radius 2 is 1.73 bits per heavy atom. The van der Waals surface area contributed by atoms with Gasteiger partial charge in [-0.25, -0.2) is 0 Å². The van der Waals surface area contributed by atoms with E-state index in [4.69, 9.17) is 4.74 Å². The molecule has 2 nitrogen and oxygen atoms in total. The van der Waals surface area contributed by atoms with Crippen molar-refractivity contribution in [1.82, 2.24) is 0 Å². The number of hydrogen-bond acceptors (Lipinski definition) is 2. The molecule has 0 aliphatic heterocycles. The van der Waals surface area contributed by atoms with Gasteiger partial charge in [0.2, 0.25) is 0 Å². The van der Waals surface area contributed by atoms with Gasteiger partial charge in [-0.3, -0.25) is 4.99 Å². The van der Waals surface area contributed by atoms with E-state index in [0.29, 0.717) is 0 Å². The Balaban J connectivity index is 3.07. The Morgan fingerprint density at radius 3 is 2.30 bits per heavy atom. The number of allylic oxidation sites excluding steroid dienone is 6. The molecule has 1 rings (SSSR count). The predicted molar refractivity (Wildman–Crippen MR) is 134 cm³/mol. The first-order valence-corrected chi connectivity index (χ1v) is 11.1. The van der Waals surface area contributed by atoms with Crippen LogP contribution in [0.4, 0.5) is 0 Å². The fraction of sp³-hybridized carbons (Fsp3) is 0.393. The van der Waals surface area contributed by atoms with Crippen LogP contribution in [0.25, 0.3) is 5.70 Å². The number of aryl methyl sites for hydroxylation is 1. The number of rotatable bonds is 15. The predicted octanol–water partition coefficient (Wildman–Crippen LogP) is 7.89. The molecular weight excluding hydrogens is 366 g/mol. The molecule has 0 unspecified atom stereocenters. The van der Waals surface area contributed by atoms with Crippen LogP contribution in [0.2, 0.25) is 0 Å². The maximum absolute atomic E-state index is 5.53. The lowest BCUT2D eigenvalue weighted by atomic mass is 9.96. The number of hydrogen-bond donors (Lipinski definition) is 0. The van der Waals surface area contributed by atoms with Gasteiger partial charge in [-0.2, -0.15) is 0 Å². The van der Waals surface area contributed by atoms with Gasteiger partial charge in [0, 0.05) is 12.2 Å². The van der Waals surface area contributed by atoms with Gasteiger partial charge in [0.05, 0.1) is 12.3 Å². The zero-order valence-corrected chi connectivity index (χ0v) is 19.3. The third kappa shape index (κ3) is 9.37. The quantitative estimate of drug-likeness (QED) is 0.165. The molecule has 2 heteroatoms. The molecule has 0 amide bonds. The summed E-state index contributed by atoms with van der Waals surface area (Å²) in [7, 11) is 0. The summed E-state index contributed by atoms with van der Waals surface area (Å²) < 4.78 is 5.53. The lowest BCUT2D eigenvalue weighted by molar-refractivity contribution is 0.151. The minimum atomic E-state index is 0.753. The van der Waals surface area contributed by atoms with Crippen molar-refractivity contribution < 1.29 is 4.74 Å². The molecule has 0 saturated carbocycles. The SMILES string of the molecule is C=C/C=C(/C=C)CCCCC(/C=C(\C)CCOCC)=C(/N=C)c1ccc(CC)cc1. The molecule has 0 heterocycles. The molecule has 162 valence electrons. The number of aliphatic imine (C=N–C) groups is 1. The van der Waals surface area contributed by atoms with Crippen LogP contribution in [0.3, 0.4) is 0 Å². The number of ether oxygens (including phenoxy) is 1. The van der Waals surface area contributed by atoms with Crippen molar-refractivity contribution in [1.29, 1.82) is 0 Å². The fourth-order valence-electron chi connectivity index (χ4n) is 3.33. The van der Waals surface area contributed by atoms with Crippen LogP contribution in [-0.4, -0.2) is 19.9 Å². The van der Waals surface area contributed by atoms with Crippen LogP contribution in [-0.2, 0) is 11.2 Å². The summed E-state index contributed by atoms with van der Waals surface area (Å²) >= 11 is 0. The molecule has 1 aromatic carbocycles. The summed E-state index contributed by atoms with van der Waals surface area (Å²) in [5.41, 5.74) is 7.23. The second kappa shape index (κ2) is 15.4. The monoisotopic (exact) mass is 405 g/mol. The molecule has 0 N–H and O–H groups in total. The first-order valence-electron chi connectivity index (χ1n) is 11.1. The second-order valence-electron chi connectivity index (χ2n) is 7.41. The van der Waals surface area contributed by atoms with Crippen LogP contribution in [0.5, 0.6) is 0 Å². The van der Waals surface area contributed by atoms with E-state index in [0.717, 1.165) is 63.0 Å². The third-order valence-electron chi connectivity index (χ3n) is 5.12. The van der Waals surface area contributed by atoms with Crippen molar-refractivity contribution in [2.75, 3.05) is 13.2 Å². The average molecular weight is 406 g/mol. The van der Waals surface area contributed by atoms with Gasteiger partial charge in [-0.1, -0.05) is 74.2 Å². The highest BCUT2D eigenvalue weighted by Crippen LogP contribution is 2.27. The van der Waals surface area contributed by atoms with E-state index in [2.05, 4.69) is 69.1 Å². The Morgan fingerprint density at radius 1 is 1.03 bits per heavy atom. The van der Waals surface area contributed by atoms with Crippen molar-refractivity contribution >= 4 is 12.4 Å². The summed E-state index contributed by atoms with van der Waals surface area (Å²) in [6.07, 6.45) is 14.2. The van der Waals surface area contributed by atoms with Gasteiger partial charge in [0.25, 0.3) is 0 Å². The molecule has 30 heavy (non-hydrogen) atoms. The summed E-state index contributed by atoms with van der Waals surface area (Å²) in [5, 5.41) is 0. The zero-order chi connectivity index (χ0) is 22.2. The number of nitrogens with zero attached hydrogens (tertiary/aromatic N) is 1. The molecule has 0 radical (unpaired) electrons. The van der Waals surface area contributed by atoms with E-state index in [9.17, 15) is 0 Å². The minimum absolute atomic E-state index is 0.753. The smallest absolute Gasteiger partial charge is 0.0726 e. The van der Waals surface area contributed by atoms with E-state index in [1.807, 2.05) is 25.2 Å². The number of unbranched alkanes of at least 4 members (excludes halogenated alkanes) is 1. The van der Waals surface area contributed by atoms with E-state index in [1.165, 1.54) is 22.3 Å². The lowest BCUT2D eigenvalue weighted by Crippen LogP contribution is -1.96. The van der Waals surface area contributed by atoms with Crippen LogP contribution in [0.15, 0.2) is 83.4 Å². The van der Waals surface area contributed by atoms with Gasteiger partial charge in [-0.15, -0.1) is 0 Å². The van der Waals surface area contributed by atoms with Crippen LogP contribution in [0.1, 0.15) is 64.0 Å². The molecule has 0 aromatic heterocycles. The molecule has 0 fully saturated rings. The molecule has 0 spiro atoms. The van der Waals surface area contributed by atoms with E-state index < -0.39 is 0 Å². The molecule has 0 saturated heterocycles. The standard InChI is InChI=1S/C28H39NO/c1-7-13-24(8-2)14-11-12-15-27(22-23(5)20-21-30-10-4)28(29-6)26-18-16-25(9-3)17-19-26/h7-8,13,16-19,22H,1-2,6,9-12,14-15,20-21H2,3-5H3/b23-22+,24-13-,28-27-. The summed E-state index contributed by atoms with van der Waals surface area (Å²) in [6.45, 7) is 19.4. The van der Waals surface area contributed by atoms with Gasteiger partial charge >= 0.3 is 0 Å². The lowest BCUT2D eigenvalue weighted by Gasteiger charge is -2.12. The van der Waals surface area contributed by atoms with E-state index in [-0.39, 0.29) is 0 Å². The van der Waals surface area contributed by atoms with Crippen molar-refractivity contribution in [2.24, 2.45) is 4.99 Å². The largest absolute Gasteiger partial charge is 0.381 e. The zero-order valence-electron chi connectivity index (χ0n) is 19.3. The summed E-state index contributed by atoms with van der Waals surface area (Å²) in [4.78, 5) is 4.44. The Hall–Kier alpha value is -2.45. The van der Waals surface area contributed by atoms with Gasteiger partial charge in [0.15, 0.2) is 0 Å². The second-order valence-corrected chi connectivity index (χ2v) is 7.41. The van der Waals surface area contributed by atoms with Crippen molar-refractivity contribution in [3.8, 4) is 0 Å². The van der Waals surface area contributed by atoms with E-state index in [1.54, 1.807) is 0 Å². The van der Waals surface area contributed by atoms with E-state index >= 15 is 0 Å². The maximum Gasteiger partial charge on any atom is 0.0726 e. The Bertz CT molecular complexity index is 762. The Labute approximate surface area is 184 Å². The first kappa shape index (κ1) is 25.6. The molecule has 0 aliphatic rings. The normalized spacial score (nSPS) is 13.0. The molecule has 1 aromatic rings. The van der Waals surface area contributed by atoms with Crippen LogP contribution >= 0.6 is 0 Å². The topological polar surface area (TPSA) is 21.6 Å². The van der Waals surface area contributed by atoms with Crippen molar-refractivity contribution in [2.45, 2.75) is 59.3 Å². The Kier molecular flexibility index (Phi) is 13.1. The highest BCUT2D eigenvalue weighted by molar-refractivity contribution is 5.73. The average Bonchev–Trinajstić information content (AvgIpc) is 2.76. The van der Waals surface area contributed by atoms with Crippen LogP contribution < -0.4 is 0 Å². The van der Waals surface area contributed by atoms with Gasteiger partial charge < -0.3 is 4.74 Å². The van der Waals surface area contributed by atoms with Crippen molar-refractivity contribution in [3.05, 3.63) is 89.6 Å². The minimum Gasteiger partial charge on any atom is -0.381 e. The molecule has 0 bridgehead atoms. The highest BCUT2D eigenvalue weighted by Gasteiger charge is 2.08. The van der Waals surface area contributed by atoms with Crippen molar-refractivity contribution in [3.63, 3.8) is 0 Å². The summed E-state index contributed by atoms with van der Waals surface area (Å²) in [5.74, 6) is 0. The third-order valence-corrected chi connectivity index (χ3v) is 5.12. The number of benzene rings is 1. The highest BCUT2D eigenvalue weighted by atomic mass is 16.5.